The number of benzene rings is 2. The average Bonchev–Trinajstić information content (AvgIpc) is 3.04. The molecule has 1 aromatic heterocycles. The second kappa shape index (κ2) is 5.72. The summed E-state index contributed by atoms with van der Waals surface area (Å²) in [4.78, 5) is 0. The van der Waals surface area contributed by atoms with Gasteiger partial charge in [0.1, 0.15) is 11.5 Å². The molecule has 0 saturated heterocycles. The summed E-state index contributed by atoms with van der Waals surface area (Å²) in [5, 5.41) is 11.9. The van der Waals surface area contributed by atoms with Crippen molar-refractivity contribution in [1.82, 2.24) is 20.2 Å². The molecule has 3 aromatic rings. The Morgan fingerprint density at radius 3 is 2.64 bits per heavy atom. The molecule has 2 N–H and O–H groups in total. The highest BCUT2D eigenvalue weighted by Gasteiger charge is 2.13. The van der Waals surface area contributed by atoms with E-state index in [0.29, 0.717) is 17.3 Å². The molecule has 0 saturated carbocycles. The lowest BCUT2D eigenvalue weighted by Gasteiger charge is -2.08. The van der Waals surface area contributed by atoms with E-state index in [9.17, 15) is 0 Å². The Hall–Kier alpha value is -3.09. The summed E-state index contributed by atoms with van der Waals surface area (Å²) >= 11 is 0. The summed E-state index contributed by atoms with van der Waals surface area (Å²) in [6.07, 6.45) is 0. The van der Waals surface area contributed by atoms with E-state index in [1.165, 1.54) is 0 Å². The highest BCUT2D eigenvalue weighted by Crippen LogP contribution is 2.28. The first-order valence-corrected chi connectivity index (χ1v) is 6.59. The summed E-state index contributed by atoms with van der Waals surface area (Å²) in [6, 6.07) is 12.9. The van der Waals surface area contributed by atoms with Crippen LogP contribution >= 0.6 is 0 Å². The molecule has 0 atom stereocenters. The standard InChI is InChI=1S/C15H15N5O2/c1-21-12-5-3-4-11(9-12)20-15(17-18-19-20)10-6-7-14(22-2)13(16)8-10/h3-9H,16H2,1-2H3. The maximum Gasteiger partial charge on any atom is 0.187 e. The Morgan fingerprint density at radius 1 is 1.05 bits per heavy atom. The number of tetrazole rings is 1. The summed E-state index contributed by atoms with van der Waals surface area (Å²) in [7, 11) is 3.19. The summed E-state index contributed by atoms with van der Waals surface area (Å²) in [6.45, 7) is 0. The third-order valence-electron chi connectivity index (χ3n) is 3.26. The topological polar surface area (TPSA) is 88.1 Å². The van der Waals surface area contributed by atoms with E-state index < -0.39 is 0 Å². The fraction of sp³-hybridized carbons (Fsp3) is 0.133. The fourth-order valence-corrected chi connectivity index (χ4v) is 2.16. The Labute approximate surface area is 127 Å². The van der Waals surface area contributed by atoms with Crippen molar-refractivity contribution < 1.29 is 9.47 Å². The molecule has 7 heteroatoms. The highest BCUT2D eigenvalue weighted by atomic mass is 16.5. The molecular weight excluding hydrogens is 282 g/mol. The minimum atomic E-state index is 0.528. The molecule has 2 aromatic carbocycles. The van der Waals surface area contributed by atoms with E-state index in [-0.39, 0.29) is 0 Å². The molecule has 0 fully saturated rings. The smallest absolute Gasteiger partial charge is 0.187 e. The molecule has 112 valence electrons. The zero-order valence-electron chi connectivity index (χ0n) is 12.2. The van der Waals surface area contributed by atoms with Crippen LogP contribution in [0.3, 0.4) is 0 Å². The van der Waals surface area contributed by atoms with Crippen LogP contribution in [0.5, 0.6) is 11.5 Å². The second-order valence-corrected chi connectivity index (χ2v) is 4.57. The molecule has 3 rings (SSSR count). The number of nitrogen functional groups attached to an aromatic ring is 1. The first kappa shape index (κ1) is 13.9. The van der Waals surface area contributed by atoms with Gasteiger partial charge >= 0.3 is 0 Å². The van der Waals surface area contributed by atoms with Crippen LogP contribution in [0.1, 0.15) is 0 Å². The Morgan fingerprint density at radius 2 is 1.91 bits per heavy atom. The van der Waals surface area contributed by atoms with Gasteiger partial charge in [0, 0.05) is 11.6 Å². The van der Waals surface area contributed by atoms with Crippen molar-refractivity contribution in [3.8, 4) is 28.6 Å². The van der Waals surface area contributed by atoms with Gasteiger partial charge in [0.2, 0.25) is 0 Å². The van der Waals surface area contributed by atoms with Crippen molar-refractivity contribution in [2.45, 2.75) is 0 Å². The van der Waals surface area contributed by atoms with Gasteiger partial charge in [-0.25, -0.2) is 0 Å². The molecule has 0 bridgehead atoms. The lowest BCUT2D eigenvalue weighted by atomic mass is 10.1. The van der Waals surface area contributed by atoms with Gasteiger partial charge in [0.15, 0.2) is 5.82 Å². The van der Waals surface area contributed by atoms with Crippen LogP contribution in [-0.2, 0) is 0 Å². The van der Waals surface area contributed by atoms with Gasteiger partial charge in [-0.15, -0.1) is 5.10 Å². The molecule has 0 amide bonds. The summed E-state index contributed by atoms with van der Waals surface area (Å²) in [5.41, 5.74) is 8.07. The molecular formula is C15H15N5O2. The molecule has 0 aliphatic carbocycles. The van der Waals surface area contributed by atoms with Gasteiger partial charge in [-0.3, -0.25) is 0 Å². The normalized spacial score (nSPS) is 10.5. The molecule has 22 heavy (non-hydrogen) atoms. The van der Waals surface area contributed by atoms with E-state index in [2.05, 4.69) is 15.5 Å². The van der Waals surface area contributed by atoms with Gasteiger partial charge in [-0.2, -0.15) is 4.68 Å². The number of anilines is 1. The number of aromatic nitrogens is 4. The number of nitrogens with two attached hydrogens (primary N) is 1. The summed E-state index contributed by atoms with van der Waals surface area (Å²) < 4.78 is 12.0. The van der Waals surface area contributed by atoms with Crippen molar-refractivity contribution in [3.63, 3.8) is 0 Å². The van der Waals surface area contributed by atoms with Gasteiger partial charge in [-0.05, 0) is 40.8 Å². The van der Waals surface area contributed by atoms with Crippen molar-refractivity contribution in [2.75, 3.05) is 20.0 Å². The molecule has 0 unspecified atom stereocenters. The van der Waals surface area contributed by atoms with E-state index in [1.807, 2.05) is 30.3 Å². The molecule has 0 radical (unpaired) electrons. The maximum atomic E-state index is 5.95. The number of hydrogen-bond acceptors (Lipinski definition) is 6. The van der Waals surface area contributed by atoms with E-state index >= 15 is 0 Å². The Balaban J connectivity index is 2.07. The quantitative estimate of drug-likeness (QED) is 0.740. The van der Waals surface area contributed by atoms with Crippen LogP contribution in [0.2, 0.25) is 0 Å². The number of hydrogen-bond donors (Lipinski definition) is 1. The van der Waals surface area contributed by atoms with Crippen LogP contribution in [0.4, 0.5) is 5.69 Å². The van der Waals surface area contributed by atoms with Crippen LogP contribution in [0, 0.1) is 0 Å². The van der Waals surface area contributed by atoms with Gasteiger partial charge < -0.3 is 15.2 Å². The molecule has 0 spiro atoms. The van der Waals surface area contributed by atoms with Crippen molar-refractivity contribution in [1.29, 1.82) is 0 Å². The number of nitrogens with zero attached hydrogens (tertiary/aromatic N) is 4. The zero-order valence-corrected chi connectivity index (χ0v) is 12.2. The molecule has 0 aliphatic rings. The van der Waals surface area contributed by atoms with E-state index in [0.717, 1.165) is 17.0 Å². The van der Waals surface area contributed by atoms with Gasteiger partial charge in [0.05, 0.1) is 25.6 Å². The lowest BCUT2D eigenvalue weighted by molar-refractivity contribution is 0.414. The van der Waals surface area contributed by atoms with Crippen LogP contribution in [0.25, 0.3) is 17.1 Å². The average molecular weight is 297 g/mol. The lowest BCUT2D eigenvalue weighted by Crippen LogP contribution is -2.01. The zero-order chi connectivity index (χ0) is 15.5. The maximum absolute atomic E-state index is 5.95. The molecule has 7 nitrogen and oxygen atoms in total. The minimum absolute atomic E-state index is 0.528. The fourth-order valence-electron chi connectivity index (χ4n) is 2.16. The van der Waals surface area contributed by atoms with Crippen LogP contribution in [0.15, 0.2) is 42.5 Å². The first-order valence-electron chi connectivity index (χ1n) is 6.59. The van der Waals surface area contributed by atoms with Crippen LogP contribution < -0.4 is 15.2 Å². The van der Waals surface area contributed by atoms with Gasteiger partial charge in [-0.1, -0.05) is 6.07 Å². The van der Waals surface area contributed by atoms with Crippen molar-refractivity contribution >= 4 is 5.69 Å². The molecule has 0 aliphatic heterocycles. The number of rotatable bonds is 4. The van der Waals surface area contributed by atoms with E-state index in [1.54, 1.807) is 31.0 Å². The van der Waals surface area contributed by atoms with Crippen LogP contribution in [-0.4, -0.2) is 34.4 Å². The SMILES string of the molecule is COc1cccc(-n2nnnc2-c2ccc(OC)c(N)c2)c1. The largest absolute Gasteiger partial charge is 0.497 e. The van der Waals surface area contributed by atoms with Crippen molar-refractivity contribution in [3.05, 3.63) is 42.5 Å². The minimum Gasteiger partial charge on any atom is -0.497 e. The monoisotopic (exact) mass is 297 g/mol. The summed E-state index contributed by atoms with van der Waals surface area (Å²) in [5.74, 6) is 1.93. The highest BCUT2D eigenvalue weighted by molar-refractivity contribution is 5.67. The van der Waals surface area contributed by atoms with Gasteiger partial charge in [0.25, 0.3) is 0 Å². The first-order chi connectivity index (χ1) is 10.7. The Kier molecular flexibility index (Phi) is 3.61. The predicted octanol–water partition coefficient (Wildman–Crippen LogP) is 1.93. The second-order valence-electron chi connectivity index (χ2n) is 4.57. The Bertz CT molecular complexity index is 800. The third-order valence-corrected chi connectivity index (χ3v) is 3.26. The third kappa shape index (κ3) is 2.44. The predicted molar refractivity (Wildman–Crippen MR) is 82.1 cm³/mol. The number of ether oxygens (including phenoxy) is 2. The van der Waals surface area contributed by atoms with E-state index in [4.69, 9.17) is 15.2 Å². The van der Waals surface area contributed by atoms with Crippen molar-refractivity contribution in [2.24, 2.45) is 0 Å². The number of methoxy groups -OCH3 is 2. The molecule has 1 heterocycles.